The summed E-state index contributed by atoms with van der Waals surface area (Å²) in [4.78, 5) is 27.2. The first kappa shape index (κ1) is 20.9. The number of ether oxygens (including phenoxy) is 1. The van der Waals surface area contributed by atoms with Crippen LogP contribution in [0.15, 0.2) is 51.7 Å². The number of nitrogens with one attached hydrogen (secondary N) is 1. The number of carbonyl (C=O) groups excluding carboxylic acids is 1. The van der Waals surface area contributed by atoms with E-state index in [1.165, 1.54) is 25.0 Å². The minimum atomic E-state index is -0.576. The fourth-order valence-electron chi connectivity index (χ4n) is 3.89. The monoisotopic (exact) mass is 422 g/mol. The van der Waals surface area contributed by atoms with Gasteiger partial charge in [0, 0.05) is 23.7 Å². The predicted molar refractivity (Wildman–Crippen MR) is 119 cm³/mol. The van der Waals surface area contributed by atoms with Crippen molar-refractivity contribution in [2.45, 2.75) is 26.2 Å². The maximum absolute atomic E-state index is 12.5. The predicted octanol–water partition coefficient (Wildman–Crippen LogP) is 3.46. The van der Waals surface area contributed by atoms with Gasteiger partial charge in [-0.05, 0) is 74.8 Å². The Morgan fingerprint density at radius 2 is 1.90 bits per heavy atom. The Kier molecular flexibility index (Phi) is 6.23. The molecule has 0 spiro atoms. The van der Waals surface area contributed by atoms with E-state index in [4.69, 9.17) is 9.15 Å². The number of amides is 1. The van der Waals surface area contributed by atoms with Crippen molar-refractivity contribution >= 4 is 22.6 Å². The van der Waals surface area contributed by atoms with E-state index >= 15 is 0 Å². The van der Waals surface area contributed by atoms with Crippen LogP contribution in [0.2, 0.25) is 0 Å². The van der Waals surface area contributed by atoms with E-state index in [0.29, 0.717) is 34.4 Å². The summed E-state index contributed by atoms with van der Waals surface area (Å²) in [6, 6.07) is 11.8. The highest BCUT2D eigenvalue weighted by molar-refractivity contribution is 5.93. The quantitative estimate of drug-likeness (QED) is 0.567. The Bertz CT molecular complexity index is 1130. The molecule has 7 heteroatoms. The average molecular weight is 422 g/mol. The van der Waals surface area contributed by atoms with Gasteiger partial charge in [-0.2, -0.15) is 0 Å². The van der Waals surface area contributed by atoms with E-state index in [1.807, 2.05) is 12.1 Å². The molecule has 1 fully saturated rings. The molecule has 0 radical (unpaired) electrons. The number of hydrogen-bond acceptors (Lipinski definition) is 6. The molecular weight excluding hydrogens is 396 g/mol. The Morgan fingerprint density at radius 1 is 1.16 bits per heavy atom. The highest BCUT2D eigenvalue weighted by Crippen LogP contribution is 2.24. The van der Waals surface area contributed by atoms with Gasteiger partial charge in [-0.3, -0.25) is 9.69 Å². The minimum Gasteiger partial charge on any atom is -0.508 e. The lowest BCUT2D eigenvalue weighted by atomic mass is 10.0. The molecule has 2 aromatic carbocycles. The lowest BCUT2D eigenvalue weighted by Crippen LogP contribution is -2.25. The van der Waals surface area contributed by atoms with Gasteiger partial charge in [-0.15, -0.1) is 0 Å². The second-order valence-corrected chi connectivity index (χ2v) is 7.82. The van der Waals surface area contributed by atoms with Crippen molar-refractivity contribution in [1.29, 1.82) is 0 Å². The number of phenols is 1. The van der Waals surface area contributed by atoms with Crippen LogP contribution in [0.3, 0.4) is 0 Å². The third kappa shape index (κ3) is 5.06. The summed E-state index contributed by atoms with van der Waals surface area (Å²) in [5, 5.41) is 13.1. The van der Waals surface area contributed by atoms with E-state index < -0.39 is 5.63 Å². The topological polar surface area (TPSA) is 92.0 Å². The first-order chi connectivity index (χ1) is 15.0. The molecule has 2 N–H and O–H groups in total. The number of carbonyl (C=O) groups is 1. The van der Waals surface area contributed by atoms with Crippen LogP contribution in [0.5, 0.6) is 11.5 Å². The lowest BCUT2D eigenvalue weighted by Gasteiger charge is -2.15. The summed E-state index contributed by atoms with van der Waals surface area (Å²) < 4.78 is 11.1. The second-order valence-electron chi connectivity index (χ2n) is 7.82. The molecule has 3 aromatic rings. The summed E-state index contributed by atoms with van der Waals surface area (Å²) in [5.41, 5.74) is 1.32. The molecule has 1 amide bonds. The molecule has 0 atom stereocenters. The summed E-state index contributed by atoms with van der Waals surface area (Å²) in [5.74, 6) is 0.465. The van der Waals surface area contributed by atoms with Crippen molar-refractivity contribution in [3.05, 3.63) is 64.0 Å². The largest absolute Gasteiger partial charge is 0.508 e. The zero-order chi connectivity index (χ0) is 21.8. The van der Waals surface area contributed by atoms with Crippen LogP contribution in [-0.2, 0) is 11.2 Å². The Labute approximate surface area is 180 Å². The van der Waals surface area contributed by atoms with Crippen molar-refractivity contribution in [3.63, 3.8) is 0 Å². The molecule has 7 nitrogen and oxygen atoms in total. The summed E-state index contributed by atoms with van der Waals surface area (Å²) in [6.45, 7) is 5.62. The number of aryl methyl sites for hydroxylation is 1. The standard InChI is InChI=1S/C24H26N2O5/c1-16-20-9-6-18(27)14-22(20)31-24(29)21(16)15-23(28)25-17-4-7-19(8-5-17)30-13-12-26-10-2-3-11-26/h4-9,14,27H,2-3,10-13,15H2,1H3,(H,25,28). The van der Waals surface area contributed by atoms with E-state index in [1.54, 1.807) is 25.1 Å². The number of nitrogens with zero attached hydrogens (tertiary/aromatic N) is 1. The fourth-order valence-corrected chi connectivity index (χ4v) is 3.89. The lowest BCUT2D eigenvalue weighted by molar-refractivity contribution is -0.115. The molecule has 0 unspecified atom stereocenters. The number of benzene rings is 2. The molecule has 1 aliphatic rings. The zero-order valence-corrected chi connectivity index (χ0v) is 17.5. The highest BCUT2D eigenvalue weighted by atomic mass is 16.5. The van der Waals surface area contributed by atoms with Gasteiger partial charge in [0.1, 0.15) is 23.7 Å². The number of hydrogen-bond donors (Lipinski definition) is 2. The van der Waals surface area contributed by atoms with Gasteiger partial charge >= 0.3 is 5.63 Å². The second kappa shape index (κ2) is 9.22. The van der Waals surface area contributed by atoms with Gasteiger partial charge in [0.15, 0.2) is 0 Å². The third-order valence-electron chi connectivity index (χ3n) is 5.62. The average Bonchev–Trinajstić information content (AvgIpc) is 3.26. The smallest absolute Gasteiger partial charge is 0.340 e. The van der Waals surface area contributed by atoms with Crippen LogP contribution >= 0.6 is 0 Å². The zero-order valence-electron chi connectivity index (χ0n) is 17.5. The molecule has 0 bridgehead atoms. The van der Waals surface area contributed by atoms with Crippen molar-refractivity contribution in [1.82, 2.24) is 4.90 Å². The number of phenolic OH excluding ortho intramolecular Hbond substituents is 1. The first-order valence-corrected chi connectivity index (χ1v) is 10.5. The summed E-state index contributed by atoms with van der Waals surface area (Å²) in [6.07, 6.45) is 2.43. The Balaban J connectivity index is 1.36. The number of likely N-dealkylation sites (tertiary alicyclic amines) is 1. The van der Waals surface area contributed by atoms with Gasteiger partial charge < -0.3 is 19.6 Å². The van der Waals surface area contributed by atoms with E-state index in [0.717, 1.165) is 25.4 Å². The van der Waals surface area contributed by atoms with Gasteiger partial charge in [0.25, 0.3) is 0 Å². The number of aromatic hydroxyl groups is 1. The molecule has 0 saturated carbocycles. The maximum Gasteiger partial charge on any atom is 0.340 e. The van der Waals surface area contributed by atoms with Crippen LogP contribution in [0.4, 0.5) is 5.69 Å². The number of fused-ring (bicyclic) bond motifs is 1. The molecule has 0 aliphatic carbocycles. The fraction of sp³-hybridized carbons (Fsp3) is 0.333. The summed E-state index contributed by atoms with van der Waals surface area (Å²) in [7, 11) is 0. The van der Waals surface area contributed by atoms with E-state index in [-0.39, 0.29) is 18.1 Å². The van der Waals surface area contributed by atoms with Crippen LogP contribution < -0.4 is 15.7 Å². The van der Waals surface area contributed by atoms with Crippen LogP contribution in [0.1, 0.15) is 24.0 Å². The van der Waals surface area contributed by atoms with Gasteiger partial charge in [0.05, 0.1) is 12.0 Å². The summed E-state index contributed by atoms with van der Waals surface area (Å²) >= 11 is 0. The van der Waals surface area contributed by atoms with Gasteiger partial charge in [0.2, 0.25) is 5.91 Å². The molecule has 1 aliphatic heterocycles. The molecule has 1 saturated heterocycles. The Morgan fingerprint density at radius 3 is 2.65 bits per heavy atom. The van der Waals surface area contributed by atoms with Crippen molar-refractivity contribution in [2.24, 2.45) is 0 Å². The van der Waals surface area contributed by atoms with Gasteiger partial charge in [-0.1, -0.05) is 0 Å². The first-order valence-electron chi connectivity index (χ1n) is 10.5. The molecule has 162 valence electrons. The van der Waals surface area contributed by atoms with Crippen molar-refractivity contribution in [3.8, 4) is 11.5 Å². The molecule has 2 heterocycles. The highest BCUT2D eigenvalue weighted by Gasteiger charge is 2.16. The third-order valence-corrected chi connectivity index (χ3v) is 5.62. The van der Waals surface area contributed by atoms with Crippen LogP contribution in [0, 0.1) is 6.92 Å². The van der Waals surface area contributed by atoms with E-state index in [9.17, 15) is 14.7 Å². The minimum absolute atomic E-state index is 0.0176. The SMILES string of the molecule is Cc1c(CC(=O)Nc2ccc(OCCN3CCCC3)cc2)c(=O)oc2cc(O)ccc12. The molecule has 31 heavy (non-hydrogen) atoms. The number of rotatable bonds is 7. The maximum atomic E-state index is 12.5. The van der Waals surface area contributed by atoms with Gasteiger partial charge in [-0.25, -0.2) is 4.79 Å². The van der Waals surface area contributed by atoms with E-state index in [2.05, 4.69) is 10.2 Å². The van der Waals surface area contributed by atoms with Crippen LogP contribution in [0.25, 0.3) is 11.0 Å². The molecule has 1 aromatic heterocycles. The molecule has 4 rings (SSSR count). The Hall–Kier alpha value is -3.32. The number of anilines is 1. The van der Waals surface area contributed by atoms with Crippen molar-refractivity contribution in [2.75, 3.05) is 31.6 Å². The molecular formula is C24H26N2O5. The normalized spacial score (nSPS) is 14.1. The van der Waals surface area contributed by atoms with Crippen molar-refractivity contribution < 1.29 is 19.1 Å². The van der Waals surface area contributed by atoms with Crippen LogP contribution in [-0.4, -0.2) is 42.2 Å².